The van der Waals surface area contributed by atoms with E-state index in [0.717, 1.165) is 0 Å². The van der Waals surface area contributed by atoms with Gasteiger partial charge in [-0.25, -0.2) is 5.43 Å². The molecule has 2 aromatic rings. The smallest absolute Gasteiger partial charge is 0.272 e. The lowest BCUT2D eigenvalue weighted by Crippen LogP contribution is -2.17. The van der Waals surface area contributed by atoms with Gasteiger partial charge in [0.25, 0.3) is 5.91 Å². The number of aromatic hydroxyl groups is 1. The number of halogens is 2. The molecular weight excluding hydrogens is 327 g/mol. The second-order valence-electron chi connectivity index (χ2n) is 4.20. The minimum absolute atomic E-state index is 0.0788. The van der Waals surface area contributed by atoms with Crippen molar-refractivity contribution in [2.75, 3.05) is 7.11 Å². The van der Waals surface area contributed by atoms with Crippen LogP contribution in [-0.2, 0) is 0 Å². The first kappa shape index (κ1) is 16.1. The Morgan fingerprint density at radius 2 is 2.00 bits per heavy atom. The number of phenolic OH excluding ortho intramolecular Hbond substituents is 1. The minimum atomic E-state index is -0.448. The van der Waals surface area contributed by atoms with E-state index in [4.69, 9.17) is 27.9 Å². The predicted molar refractivity (Wildman–Crippen MR) is 86.2 cm³/mol. The van der Waals surface area contributed by atoms with Crippen LogP contribution in [0.25, 0.3) is 0 Å². The number of nitrogens with one attached hydrogen (secondary N) is 1. The van der Waals surface area contributed by atoms with Crippen LogP contribution >= 0.6 is 23.2 Å². The summed E-state index contributed by atoms with van der Waals surface area (Å²) in [4.78, 5) is 11.9. The molecule has 2 N–H and O–H groups in total. The third-order valence-corrected chi connectivity index (χ3v) is 3.54. The first-order valence-electron chi connectivity index (χ1n) is 6.18. The zero-order chi connectivity index (χ0) is 16.1. The highest BCUT2D eigenvalue weighted by atomic mass is 35.5. The Kier molecular flexibility index (Phi) is 5.25. The SMILES string of the molecule is COc1ccc(/C=N\NC(=O)c2ccccc2Cl)c(Cl)c1O. The van der Waals surface area contributed by atoms with E-state index in [1.807, 2.05) is 0 Å². The molecular formula is C15H12Cl2N2O3. The molecule has 0 atom stereocenters. The summed E-state index contributed by atoms with van der Waals surface area (Å²) in [5.74, 6) is -0.386. The van der Waals surface area contributed by atoms with Gasteiger partial charge in [-0.2, -0.15) is 5.10 Å². The maximum absolute atomic E-state index is 11.9. The van der Waals surface area contributed by atoms with Gasteiger partial charge in [0.1, 0.15) is 0 Å². The summed E-state index contributed by atoms with van der Waals surface area (Å²) in [5, 5.41) is 14.0. The third-order valence-electron chi connectivity index (χ3n) is 2.82. The molecule has 22 heavy (non-hydrogen) atoms. The van der Waals surface area contributed by atoms with Gasteiger partial charge < -0.3 is 9.84 Å². The van der Waals surface area contributed by atoms with E-state index in [1.54, 1.807) is 36.4 Å². The van der Waals surface area contributed by atoms with Crippen LogP contribution in [0, 0.1) is 0 Å². The first-order chi connectivity index (χ1) is 10.5. The van der Waals surface area contributed by atoms with Crippen molar-refractivity contribution in [1.29, 1.82) is 0 Å². The van der Waals surface area contributed by atoms with E-state index in [9.17, 15) is 9.90 Å². The van der Waals surface area contributed by atoms with E-state index in [-0.39, 0.29) is 16.5 Å². The molecule has 2 aromatic carbocycles. The van der Waals surface area contributed by atoms with Crippen LogP contribution in [0.5, 0.6) is 11.5 Å². The molecule has 0 aliphatic carbocycles. The molecule has 0 unspecified atom stereocenters. The normalized spacial score (nSPS) is 10.7. The maximum Gasteiger partial charge on any atom is 0.272 e. The standard InChI is InChI=1S/C15H12Cl2N2O3/c1-22-12-7-6-9(13(17)14(12)20)8-18-19-15(21)10-4-2-3-5-11(10)16/h2-8,20H,1H3,(H,19,21)/b18-8-. The summed E-state index contributed by atoms with van der Waals surface area (Å²) in [7, 11) is 1.42. The number of rotatable bonds is 4. The highest BCUT2D eigenvalue weighted by molar-refractivity contribution is 6.35. The molecule has 0 fully saturated rings. The van der Waals surface area contributed by atoms with Crippen molar-refractivity contribution in [2.24, 2.45) is 5.10 Å². The monoisotopic (exact) mass is 338 g/mol. The van der Waals surface area contributed by atoms with Crippen molar-refractivity contribution in [1.82, 2.24) is 5.43 Å². The van der Waals surface area contributed by atoms with Crippen LogP contribution < -0.4 is 10.2 Å². The van der Waals surface area contributed by atoms with Crippen molar-refractivity contribution in [3.05, 3.63) is 57.6 Å². The Morgan fingerprint density at radius 1 is 1.27 bits per heavy atom. The van der Waals surface area contributed by atoms with Gasteiger partial charge in [-0.05, 0) is 24.3 Å². The number of hydrazone groups is 1. The Morgan fingerprint density at radius 3 is 2.68 bits per heavy atom. The average molecular weight is 339 g/mol. The summed E-state index contributed by atoms with van der Waals surface area (Å²) in [6.45, 7) is 0. The van der Waals surface area contributed by atoms with Crippen molar-refractivity contribution >= 4 is 35.3 Å². The van der Waals surface area contributed by atoms with E-state index < -0.39 is 5.91 Å². The summed E-state index contributed by atoms with van der Waals surface area (Å²) >= 11 is 11.9. The summed E-state index contributed by atoms with van der Waals surface area (Å²) in [6.07, 6.45) is 1.32. The number of ether oxygens (including phenoxy) is 1. The molecule has 7 heteroatoms. The Hall–Kier alpha value is -2.24. The first-order valence-corrected chi connectivity index (χ1v) is 6.93. The summed E-state index contributed by atoms with van der Waals surface area (Å²) in [6, 6.07) is 9.76. The van der Waals surface area contributed by atoms with E-state index in [0.29, 0.717) is 16.1 Å². The molecule has 0 bridgehead atoms. The molecule has 114 valence electrons. The molecule has 5 nitrogen and oxygen atoms in total. The second kappa shape index (κ2) is 7.15. The molecule has 0 saturated carbocycles. The zero-order valence-electron chi connectivity index (χ0n) is 11.5. The highest BCUT2D eigenvalue weighted by Crippen LogP contribution is 2.35. The average Bonchev–Trinajstić information content (AvgIpc) is 2.52. The molecule has 1 amide bonds. The van der Waals surface area contributed by atoms with Gasteiger partial charge in [0.15, 0.2) is 11.5 Å². The van der Waals surface area contributed by atoms with E-state index in [2.05, 4.69) is 10.5 Å². The topological polar surface area (TPSA) is 70.9 Å². The molecule has 0 aliphatic rings. The zero-order valence-corrected chi connectivity index (χ0v) is 13.0. The van der Waals surface area contributed by atoms with Crippen LogP contribution in [0.2, 0.25) is 10.0 Å². The lowest BCUT2D eigenvalue weighted by atomic mass is 10.2. The van der Waals surface area contributed by atoms with Crippen molar-refractivity contribution in [3.8, 4) is 11.5 Å². The number of phenols is 1. The molecule has 0 radical (unpaired) electrons. The number of methoxy groups -OCH3 is 1. The van der Waals surface area contributed by atoms with Crippen LogP contribution in [0.4, 0.5) is 0 Å². The van der Waals surface area contributed by atoms with Crippen LogP contribution in [-0.4, -0.2) is 24.3 Å². The fourth-order valence-electron chi connectivity index (χ4n) is 1.69. The van der Waals surface area contributed by atoms with Gasteiger partial charge in [-0.15, -0.1) is 0 Å². The number of hydrogen-bond donors (Lipinski definition) is 2. The number of hydrogen-bond acceptors (Lipinski definition) is 4. The lowest BCUT2D eigenvalue weighted by Gasteiger charge is -2.06. The molecule has 2 rings (SSSR count). The van der Waals surface area contributed by atoms with E-state index in [1.165, 1.54) is 13.3 Å². The summed E-state index contributed by atoms with van der Waals surface area (Å²) in [5.41, 5.74) is 3.08. The van der Waals surface area contributed by atoms with Gasteiger partial charge >= 0.3 is 0 Å². The van der Waals surface area contributed by atoms with Crippen molar-refractivity contribution < 1.29 is 14.6 Å². The van der Waals surface area contributed by atoms with E-state index >= 15 is 0 Å². The highest BCUT2D eigenvalue weighted by Gasteiger charge is 2.11. The van der Waals surface area contributed by atoms with Crippen molar-refractivity contribution in [2.45, 2.75) is 0 Å². The third kappa shape index (κ3) is 3.50. The van der Waals surface area contributed by atoms with Gasteiger partial charge in [0.2, 0.25) is 0 Å². The molecule has 0 aliphatic heterocycles. The number of carbonyl (C=O) groups excluding carboxylic acids is 1. The Bertz CT molecular complexity index is 733. The van der Waals surface area contributed by atoms with Gasteiger partial charge in [-0.1, -0.05) is 35.3 Å². The number of carbonyl (C=O) groups is 1. The number of nitrogens with zero attached hydrogens (tertiary/aromatic N) is 1. The minimum Gasteiger partial charge on any atom is -0.503 e. The summed E-state index contributed by atoms with van der Waals surface area (Å²) < 4.78 is 4.93. The van der Waals surface area contributed by atoms with Crippen LogP contribution in [0.1, 0.15) is 15.9 Å². The maximum atomic E-state index is 11.9. The second-order valence-corrected chi connectivity index (χ2v) is 4.98. The van der Waals surface area contributed by atoms with Gasteiger partial charge in [0, 0.05) is 5.56 Å². The Labute approximate surface area is 137 Å². The lowest BCUT2D eigenvalue weighted by molar-refractivity contribution is 0.0955. The van der Waals surface area contributed by atoms with Crippen LogP contribution in [0.3, 0.4) is 0 Å². The fourth-order valence-corrected chi connectivity index (χ4v) is 2.12. The van der Waals surface area contributed by atoms with Gasteiger partial charge in [0.05, 0.1) is 28.9 Å². The number of benzene rings is 2. The molecule has 0 spiro atoms. The molecule has 0 heterocycles. The predicted octanol–water partition coefficient (Wildman–Crippen LogP) is 3.47. The molecule has 0 aromatic heterocycles. The van der Waals surface area contributed by atoms with Gasteiger partial charge in [-0.3, -0.25) is 4.79 Å². The molecule has 0 saturated heterocycles. The Balaban J connectivity index is 2.12. The van der Waals surface area contributed by atoms with Crippen molar-refractivity contribution in [3.63, 3.8) is 0 Å². The quantitative estimate of drug-likeness (QED) is 0.662. The fraction of sp³-hybridized carbons (Fsp3) is 0.0667. The number of amides is 1. The van der Waals surface area contributed by atoms with Crippen LogP contribution in [0.15, 0.2) is 41.5 Å². The largest absolute Gasteiger partial charge is 0.503 e.